The fourth-order valence-corrected chi connectivity index (χ4v) is 2.70. The molecule has 0 N–H and O–H groups in total. The molecular weight excluding hydrogens is 282 g/mol. The van der Waals surface area contributed by atoms with Crippen molar-refractivity contribution in [2.45, 2.75) is 32.5 Å². The van der Waals surface area contributed by atoms with Crippen molar-refractivity contribution in [3.63, 3.8) is 0 Å². The second-order valence-corrected chi connectivity index (χ2v) is 6.33. The molecule has 1 aromatic carbocycles. The summed E-state index contributed by atoms with van der Waals surface area (Å²) in [4.78, 5) is 14.2. The minimum absolute atomic E-state index is 0.0287. The number of hydrogen-bond donors (Lipinski definition) is 0. The molecule has 1 amide bonds. The van der Waals surface area contributed by atoms with E-state index >= 15 is 0 Å². The van der Waals surface area contributed by atoms with E-state index in [2.05, 4.69) is 0 Å². The molecule has 0 aliphatic carbocycles. The number of aryl methyl sites for hydroxylation is 1. The van der Waals surface area contributed by atoms with Gasteiger partial charge in [0.15, 0.2) is 6.61 Å². The van der Waals surface area contributed by atoms with E-state index in [1.165, 1.54) is 0 Å². The number of amides is 1. The predicted octanol–water partition coefficient (Wildman–Crippen LogP) is 2.03. The van der Waals surface area contributed by atoms with Crippen molar-refractivity contribution in [1.82, 2.24) is 4.90 Å². The Balaban J connectivity index is 1.93. The van der Waals surface area contributed by atoms with Gasteiger partial charge in [-0.15, -0.1) is 0 Å². The van der Waals surface area contributed by atoms with Crippen molar-refractivity contribution in [3.05, 3.63) is 29.8 Å². The van der Waals surface area contributed by atoms with Crippen LogP contribution < -0.4 is 4.74 Å². The van der Waals surface area contributed by atoms with Gasteiger partial charge in [0, 0.05) is 20.2 Å². The molecular formula is C17H25NO4. The van der Waals surface area contributed by atoms with Crippen LogP contribution in [-0.4, -0.2) is 55.9 Å². The molecule has 1 atom stereocenters. The number of carbonyl (C=O) groups excluding carboxylic acids is 1. The first-order valence-electron chi connectivity index (χ1n) is 7.53. The van der Waals surface area contributed by atoms with Crippen LogP contribution in [0.15, 0.2) is 24.3 Å². The normalized spacial score (nSPS) is 20.7. The van der Waals surface area contributed by atoms with E-state index in [0.717, 1.165) is 5.56 Å². The maximum atomic E-state index is 12.4. The lowest BCUT2D eigenvalue weighted by molar-refractivity contribution is -0.170. The number of rotatable bonds is 5. The molecule has 1 fully saturated rings. The van der Waals surface area contributed by atoms with E-state index in [1.807, 2.05) is 45.0 Å². The Bertz CT molecular complexity index is 515. The zero-order valence-corrected chi connectivity index (χ0v) is 13.8. The molecule has 0 saturated carbocycles. The molecule has 1 aromatic rings. The maximum absolute atomic E-state index is 12.4. The smallest absolute Gasteiger partial charge is 0.260 e. The third kappa shape index (κ3) is 4.71. The van der Waals surface area contributed by atoms with E-state index in [4.69, 9.17) is 14.2 Å². The van der Waals surface area contributed by atoms with Gasteiger partial charge in [0.05, 0.1) is 18.3 Å². The first-order valence-corrected chi connectivity index (χ1v) is 7.53. The Kier molecular flexibility index (Phi) is 5.42. The van der Waals surface area contributed by atoms with E-state index in [9.17, 15) is 4.79 Å². The third-order valence-corrected chi connectivity index (χ3v) is 3.54. The minimum atomic E-state index is -0.375. The summed E-state index contributed by atoms with van der Waals surface area (Å²) in [5, 5.41) is 0. The highest BCUT2D eigenvalue weighted by atomic mass is 16.5. The highest BCUT2D eigenvalue weighted by molar-refractivity contribution is 5.78. The van der Waals surface area contributed by atoms with Crippen LogP contribution in [0.2, 0.25) is 0 Å². The van der Waals surface area contributed by atoms with Gasteiger partial charge in [0.25, 0.3) is 5.91 Å². The third-order valence-electron chi connectivity index (χ3n) is 3.54. The summed E-state index contributed by atoms with van der Waals surface area (Å²) in [6.45, 7) is 7.57. The molecule has 0 bridgehead atoms. The van der Waals surface area contributed by atoms with E-state index in [-0.39, 0.29) is 24.2 Å². The number of hydrogen-bond acceptors (Lipinski definition) is 4. The second-order valence-electron chi connectivity index (χ2n) is 6.33. The number of carbonyl (C=O) groups is 1. The molecule has 1 aliphatic heterocycles. The van der Waals surface area contributed by atoms with Crippen molar-refractivity contribution in [3.8, 4) is 5.75 Å². The van der Waals surface area contributed by atoms with Crippen molar-refractivity contribution in [2.24, 2.45) is 0 Å². The number of ether oxygens (including phenoxy) is 3. The Morgan fingerprint density at radius 2 is 2.23 bits per heavy atom. The summed E-state index contributed by atoms with van der Waals surface area (Å²) >= 11 is 0. The van der Waals surface area contributed by atoms with E-state index in [0.29, 0.717) is 25.4 Å². The van der Waals surface area contributed by atoms with Crippen LogP contribution in [0.3, 0.4) is 0 Å². The molecule has 5 heteroatoms. The van der Waals surface area contributed by atoms with Gasteiger partial charge in [-0.05, 0) is 38.5 Å². The van der Waals surface area contributed by atoms with Crippen LogP contribution in [0.25, 0.3) is 0 Å². The van der Waals surface area contributed by atoms with Crippen LogP contribution in [0.1, 0.15) is 19.4 Å². The lowest BCUT2D eigenvalue weighted by Gasteiger charge is -2.42. The van der Waals surface area contributed by atoms with Gasteiger partial charge in [-0.3, -0.25) is 4.79 Å². The van der Waals surface area contributed by atoms with Crippen LogP contribution in [0, 0.1) is 6.92 Å². The van der Waals surface area contributed by atoms with Gasteiger partial charge in [-0.2, -0.15) is 0 Å². The Morgan fingerprint density at radius 3 is 2.91 bits per heavy atom. The molecule has 5 nitrogen and oxygen atoms in total. The fourth-order valence-electron chi connectivity index (χ4n) is 2.70. The number of morpholine rings is 1. The zero-order valence-electron chi connectivity index (χ0n) is 13.8. The summed E-state index contributed by atoms with van der Waals surface area (Å²) in [5.74, 6) is 0.688. The highest BCUT2D eigenvalue weighted by Gasteiger charge is 2.35. The summed E-state index contributed by atoms with van der Waals surface area (Å²) in [5.41, 5.74) is 0.734. The lowest BCUT2D eigenvalue weighted by Crippen LogP contribution is -2.56. The van der Waals surface area contributed by atoms with Crippen LogP contribution in [0.4, 0.5) is 0 Å². The molecule has 0 spiro atoms. The summed E-state index contributed by atoms with van der Waals surface area (Å²) in [6, 6.07) is 7.69. The first-order chi connectivity index (χ1) is 10.4. The number of methoxy groups -OCH3 is 1. The quantitative estimate of drug-likeness (QED) is 0.835. The molecule has 0 radical (unpaired) electrons. The van der Waals surface area contributed by atoms with Gasteiger partial charge >= 0.3 is 0 Å². The van der Waals surface area contributed by atoms with Crippen molar-refractivity contribution < 1.29 is 19.0 Å². The number of benzene rings is 1. The highest BCUT2D eigenvalue weighted by Crippen LogP contribution is 2.21. The van der Waals surface area contributed by atoms with Crippen molar-refractivity contribution in [1.29, 1.82) is 0 Å². The Hall–Kier alpha value is -1.59. The molecule has 1 saturated heterocycles. The zero-order chi connectivity index (χ0) is 16.2. The summed E-state index contributed by atoms with van der Waals surface area (Å²) in [6.07, 6.45) is -0.100. The van der Waals surface area contributed by atoms with Gasteiger partial charge in [0.1, 0.15) is 5.75 Å². The van der Waals surface area contributed by atoms with Crippen LogP contribution in [0.5, 0.6) is 5.75 Å². The molecule has 1 heterocycles. The Morgan fingerprint density at radius 1 is 1.45 bits per heavy atom. The van der Waals surface area contributed by atoms with Gasteiger partial charge in [-0.1, -0.05) is 12.1 Å². The standard InChI is InChI=1S/C17H25NO4/c1-13-6-5-7-14(8-13)21-11-16(19)18-9-15(10-20-4)22-17(2,3)12-18/h5-8,15H,9-12H2,1-4H3. The maximum Gasteiger partial charge on any atom is 0.260 e. The fraction of sp³-hybridized carbons (Fsp3) is 0.588. The molecule has 22 heavy (non-hydrogen) atoms. The van der Waals surface area contributed by atoms with Gasteiger partial charge in [0.2, 0.25) is 0 Å². The average molecular weight is 307 g/mol. The molecule has 2 rings (SSSR count). The van der Waals surface area contributed by atoms with Gasteiger partial charge in [-0.25, -0.2) is 0 Å². The largest absolute Gasteiger partial charge is 0.484 e. The van der Waals surface area contributed by atoms with Crippen LogP contribution in [-0.2, 0) is 14.3 Å². The summed E-state index contributed by atoms with van der Waals surface area (Å²) in [7, 11) is 1.64. The van der Waals surface area contributed by atoms with Gasteiger partial charge < -0.3 is 19.1 Å². The topological polar surface area (TPSA) is 48.0 Å². The second kappa shape index (κ2) is 7.11. The van der Waals surface area contributed by atoms with Crippen molar-refractivity contribution >= 4 is 5.91 Å². The molecule has 1 unspecified atom stereocenters. The number of nitrogens with zero attached hydrogens (tertiary/aromatic N) is 1. The SMILES string of the molecule is COCC1CN(C(=O)COc2cccc(C)c2)CC(C)(C)O1. The first kappa shape index (κ1) is 16.8. The minimum Gasteiger partial charge on any atom is -0.484 e. The Labute approximate surface area is 132 Å². The molecule has 1 aliphatic rings. The molecule has 0 aromatic heterocycles. The molecule has 122 valence electrons. The van der Waals surface area contributed by atoms with E-state index in [1.54, 1.807) is 12.0 Å². The summed E-state index contributed by atoms with van der Waals surface area (Å²) < 4.78 is 16.7. The van der Waals surface area contributed by atoms with E-state index < -0.39 is 0 Å². The predicted molar refractivity (Wildman–Crippen MR) is 84.1 cm³/mol. The van der Waals surface area contributed by atoms with Crippen molar-refractivity contribution in [2.75, 3.05) is 33.4 Å². The average Bonchev–Trinajstić information content (AvgIpc) is 2.43. The van der Waals surface area contributed by atoms with Crippen LogP contribution >= 0.6 is 0 Å². The lowest BCUT2D eigenvalue weighted by atomic mass is 10.1. The monoisotopic (exact) mass is 307 g/mol.